The molecule has 0 radical (unpaired) electrons. The molecule has 4 heteroatoms. The van der Waals surface area contributed by atoms with Crippen LogP contribution in [0, 0.1) is 11.3 Å². The highest BCUT2D eigenvalue weighted by molar-refractivity contribution is 7.09. The van der Waals surface area contributed by atoms with Crippen molar-refractivity contribution in [3.8, 4) is 17.0 Å². The van der Waals surface area contributed by atoms with Crippen LogP contribution in [0.25, 0.3) is 11.3 Å². The minimum atomic E-state index is 0.350. The van der Waals surface area contributed by atoms with Gasteiger partial charge in [-0.3, -0.25) is 0 Å². The van der Waals surface area contributed by atoms with Crippen molar-refractivity contribution in [3.63, 3.8) is 0 Å². The van der Waals surface area contributed by atoms with Gasteiger partial charge in [-0.15, -0.1) is 11.3 Å². The number of aromatic nitrogens is 1. The van der Waals surface area contributed by atoms with Crippen LogP contribution >= 0.6 is 11.3 Å². The minimum Gasteiger partial charge on any atom is -0.490 e. The fraction of sp³-hybridized carbons (Fsp3) is 0.609. The Balaban J connectivity index is 1.58. The molecule has 0 bridgehead atoms. The number of rotatable bonds is 7. The van der Waals surface area contributed by atoms with E-state index in [4.69, 9.17) is 9.72 Å². The molecular formula is C23H34N2OS. The molecule has 1 saturated carbocycles. The van der Waals surface area contributed by atoms with Gasteiger partial charge < -0.3 is 10.1 Å². The van der Waals surface area contributed by atoms with Crippen LogP contribution in [0.4, 0.5) is 0 Å². The number of hydrogen-bond donors (Lipinski definition) is 1. The van der Waals surface area contributed by atoms with Gasteiger partial charge in [0.2, 0.25) is 0 Å². The van der Waals surface area contributed by atoms with Crippen molar-refractivity contribution in [1.82, 2.24) is 10.3 Å². The molecule has 0 spiro atoms. The normalized spacial score (nSPS) is 20.6. The molecule has 0 atom stereocenters. The number of benzene rings is 1. The molecule has 3 nitrogen and oxygen atoms in total. The summed E-state index contributed by atoms with van der Waals surface area (Å²) in [5, 5.41) is 6.71. The first-order valence-electron chi connectivity index (χ1n) is 10.4. The first-order valence-corrected chi connectivity index (χ1v) is 11.3. The van der Waals surface area contributed by atoms with Crippen molar-refractivity contribution < 1.29 is 4.74 Å². The monoisotopic (exact) mass is 386 g/mol. The summed E-state index contributed by atoms with van der Waals surface area (Å²) in [5.41, 5.74) is 2.61. The molecule has 27 heavy (non-hydrogen) atoms. The van der Waals surface area contributed by atoms with Crippen molar-refractivity contribution in [3.05, 3.63) is 34.7 Å². The molecule has 148 valence electrons. The zero-order valence-electron chi connectivity index (χ0n) is 17.3. The maximum absolute atomic E-state index is 6.33. The second kappa shape index (κ2) is 9.20. The van der Waals surface area contributed by atoms with Crippen molar-refractivity contribution in [2.45, 2.75) is 72.4 Å². The SMILES string of the molecule is CCCNCc1nc(-c2cccc(OC3CCC(C(C)(C)C)CC3)c2)cs1. The lowest BCUT2D eigenvalue weighted by atomic mass is 9.72. The van der Waals surface area contributed by atoms with Crippen LogP contribution in [-0.4, -0.2) is 17.6 Å². The Kier molecular flexibility index (Phi) is 6.93. The lowest BCUT2D eigenvalue weighted by Gasteiger charge is -2.37. The molecular weight excluding hydrogens is 352 g/mol. The molecule has 1 aromatic heterocycles. The fourth-order valence-electron chi connectivity index (χ4n) is 3.86. The Morgan fingerprint density at radius 3 is 2.67 bits per heavy atom. The average molecular weight is 387 g/mol. The first-order chi connectivity index (χ1) is 13.0. The molecule has 2 aromatic rings. The highest BCUT2D eigenvalue weighted by Gasteiger charge is 2.30. The van der Waals surface area contributed by atoms with E-state index in [-0.39, 0.29) is 0 Å². The number of nitrogens with zero attached hydrogens (tertiary/aromatic N) is 1. The van der Waals surface area contributed by atoms with E-state index < -0.39 is 0 Å². The number of thiazole rings is 1. The maximum atomic E-state index is 6.33. The van der Waals surface area contributed by atoms with Gasteiger partial charge in [-0.05, 0) is 62.1 Å². The predicted molar refractivity (Wildman–Crippen MR) is 115 cm³/mol. The van der Waals surface area contributed by atoms with Gasteiger partial charge in [-0.25, -0.2) is 4.98 Å². The molecule has 0 saturated heterocycles. The van der Waals surface area contributed by atoms with E-state index in [0.29, 0.717) is 11.5 Å². The predicted octanol–water partition coefficient (Wildman–Crippen LogP) is 6.29. The van der Waals surface area contributed by atoms with Gasteiger partial charge in [-0.1, -0.05) is 39.8 Å². The Morgan fingerprint density at radius 1 is 1.19 bits per heavy atom. The van der Waals surface area contributed by atoms with Crippen LogP contribution in [0.15, 0.2) is 29.6 Å². The van der Waals surface area contributed by atoms with E-state index in [1.54, 1.807) is 11.3 Å². The van der Waals surface area contributed by atoms with Gasteiger partial charge in [-0.2, -0.15) is 0 Å². The summed E-state index contributed by atoms with van der Waals surface area (Å²) in [6.07, 6.45) is 6.37. The third-order valence-electron chi connectivity index (χ3n) is 5.59. The summed E-state index contributed by atoms with van der Waals surface area (Å²) in [7, 11) is 0. The molecule has 1 aliphatic rings. The van der Waals surface area contributed by atoms with E-state index in [0.717, 1.165) is 60.3 Å². The summed E-state index contributed by atoms with van der Waals surface area (Å²) in [6.45, 7) is 11.2. The van der Waals surface area contributed by atoms with Crippen molar-refractivity contribution in [2.24, 2.45) is 11.3 Å². The van der Waals surface area contributed by atoms with E-state index in [1.165, 1.54) is 12.8 Å². The molecule has 1 fully saturated rings. The van der Waals surface area contributed by atoms with Crippen molar-refractivity contribution >= 4 is 11.3 Å². The molecule has 1 heterocycles. The Labute approximate surface area is 168 Å². The van der Waals surface area contributed by atoms with Gasteiger partial charge in [0.05, 0.1) is 11.8 Å². The molecule has 3 rings (SSSR count). The van der Waals surface area contributed by atoms with Crippen molar-refractivity contribution in [1.29, 1.82) is 0 Å². The van der Waals surface area contributed by atoms with Gasteiger partial charge in [0, 0.05) is 17.5 Å². The zero-order valence-corrected chi connectivity index (χ0v) is 18.1. The number of nitrogens with one attached hydrogen (secondary N) is 1. The summed E-state index contributed by atoms with van der Waals surface area (Å²) in [4.78, 5) is 4.78. The van der Waals surface area contributed by atoms with E-state index in [9.17, 15) is 0 Å². The standard InChI is InChI=1S/C23H34N2OS/c1-5-13-24-15-22-25-21(16-27-22)17-7-6-8-20(14-17)26-19-11-9-18(10-12-19)23(2,3)4/h6-8,14,16,18-19,24H,5,9-13,15H2,1-4H3. The second-order valence-electron chi connectivity index (χ2n) is 8.79. The zero-order chi connectivity index (χ0) is 19.3. The quantitative estimate of drug-likeness (QED) is 0.568. The van der Waals surface area contributed by atoms with Gasteiger partial charge in [0.15, 0.2) is 0 Å². The lowest BCUT2D eigenvalue weighted by molar-refractivity contribution is 0.0882. The molecule has 0 unspecified atom stereocenters. The van der Waals surface area contributed by atoms with Crippen molar-refractivity contribution in [2.75, 3.05) is 6.54 Å². The third kappa shape index (κ3) is 5.79. The van der Waals surface area contributed by atoms with E-state index >= 15 is 0 Å². The average Bonchev–Trinajstić information content (AvgIpc) is 3.11. The lowest BCUT2D eigenvalue weighted by Crippen LogP contribution is -2.30. The van der Waals surface area contributed by atoms with Gasteiger partial charge >= 0.3 is 0 Å². The Bertz CT molecular complexity index is 711. The smallest absolute Gasteiger partial charge is 0.120 e. The van der Waals surface area contributed by atoms with Crippen LogP contribution < -0.4 is 10.1 Å². The molecule has 0 aliphatic heterocycles. The molecule has 0 amide bonds. The second-order valence-corrected chi connectivity index (χ2v) is 9.73. The summed E-state index contributed by atoms with van der Waals surface area (Å²) >= 11 is 1.72. The topological polar surface area (TPSA) is 34.2 Å². The minimum absolute atomic E-state index is 0.350. The van der Waals surface area contributed by atoms with Crippen LogP contribution in [0.2, 0.25) is 0 Å². The highest BCUT2D eigenvalue weighted by Crippen LogP contribution is 2.39. The number of hydrogen-bond acceptors (Lipinski definition) is 4. The summed E-state index contributed by atoms with van der Waals surface area (Å²) < 4.78 is 6.33. The highest BCUT2D eigenvalue weighted by atomic mass is 32.1. The van der Waals surface area contributed by atoms with Crippen LogP contribution in [-0.2, 0) is 6.54 Å². The van der Waals surface area contributed by atoms with E-state index in [2.05, 4.69) is 62.7 Å². The molecule has 1 aliphatic carbocycles. The summed E-state index contributed by atoms with van der Waals surface area (Å²) in [5.74, 6) is 1.80. The largest absolute Gasteiger partial charge is 0.490 e. The van der Waals surface area contributed by atoms with Gasteiger partial charge in [0.1, 0.15) is 10.8 Å². The van der Waals surface area contributed by atoms with E-state index in [1.807, 2.05) is 0 Å². The molecule has 1 aromatic carbocycles. The number of ether oxygens (including phenoxy) is 1. The van der Waals surface area contributed by atoms with Crippen LogP contribution in [0.1, 0.15) is 64.8 Å². The van der Waals surface area contributed by atoms with Gasteiger partial charge in [0.25, 0.3) is 0 Å². The van der Waals surface area contributed by atoms with Crippen LogP contribution in [0.3, 0.4) is 0 Å². The maximum Gasteiger partial charge on any atom is 0.120 e. The summed E-state index contributed by atoms with van der Waals surface area (Å²) in [6, 6.07) is 8.44. The third-order valence-corrected chi connectivity index (χ3v) is 6.44. The first kappa shape index (κ1) is 20.3. The Morgan fingerprint density at radius 2 is 1.96 bits per heavy atom. The Hall–Kier alpha value is -1.39. The molecule has 1 N–H and O–H groups in total. The fourth-order valence-corrected chi connectivity index (χ4v) is 4.64. The van der Waals surface area contributed by atoms with Crippen LogP contribution in [0.5, 0.6) is 5.75 Å².